The van der Waals surface area contributed by atoms with Crippen molar-refractivity contribution >= 4 is 50.5 Å². The van der Waals surface area contributed by atoms with Gasteiger partial charge in [-0.05, 0) is 39.2 Å². The van der Waals surface area contributed by atoms with Crippen LogP contribution >= 0.6 is 15.9 Å². The molecule has 26 heavy (non-hydrogen) atoms. The molecule has 1 heterocycles. The van der Waals surface area contributed by atoms with E-state index in [-0.39, 0.29) is 13.2 Å². The molecular formula is C18H15BrN2O5. The van der Waals surface area contributed by atoms with Gasteiger partial charge in [0.05, 0.1) is 13.2 Å². The Hall–Kier alpha value is -2.74. The molecule has 8 heteroatoms. The van der Waals surface area contributed by atoms with E-state index < -0.39 is 30.4 Å². The van der Waals surface area contributed by atoms with E-state index in [1.54, 1.807) is 13.0 Å². The van der Waals surface area contributed by atoms with Crippen LogP contribution in [0.25, 0.3) is 10.8 Å². The zero-order chi connectivity index (χ0) is 18.8. The van der Waals surface area contributed by atoms with Crippen LogP contribution in [0.3, 0.4) is 0 Å². The van der Waals surface area contributed by atoms with Gasteiger partial charge in [-0.2, -0.15) is 0 Å². The van der Waals surface area contributed by atoms with Crippen molar-refractivity contribution in [2.45, 2.75) is 13.5 Å². The predicted molar refractivity (Wildman–Crippen MR) is 95.9 cm³/mol. The van der Waals surface area contributed by atoms with Crippen LogP contribution in [0.4, 0.5) is 4.79 Å². The number of amides is 4. The Morgan fingerprint density at radius 3 is 2.46 bits per heavy atom. The van der Waals surface area contributed by atoms with Crippen molar-refractivity contribution in [3.8, 4) is 0 Å². The standard InChI is InChI=1S/C18H15BrN2O5/c1-2-26-14(22)10-21-17(24)16(23)20(18(21)25)9-12-8-7-11-5-3-4-6-13(11)15(12)19/h3-8H,2,9-10H2,1H3. The second kappa shape index (κ2) is 7.25. The highest BCUT2D eigenvalue weighted by Crippen LogP contribution is 2.29. The Labute approximate surface area is 157 Å². The highest BCUT2D eigenvalue weighted by Gasteiger charge is 2.45. The first-order valence-electron chi connectivity index (χ1n) is 7.93. The lowest BCUT2D eigenvalue weighted by Gasteiger charge is -2.16. The van der Waals surface area contributed by atoms with Crippen LogP contribution in [-0.4, -0.2) is 46.8 Å². The first-order valence-corrected chi connectivity index (χ1v) is 8.72. The minimum atomic E-state index is -1.03. The third kappa shape index (κ3) is 3.20. The summed E-state index contributed by atoms with van der Waals surface area (Å²) in [6, 6.07) is 10.5. The number of benzene rings is 2. The topological polar surface area (TPSA) is 84.0 Å². The zero-order valence-corrected chi connectivity index (χ0v) is 15.5. The Kier molecular flexibility index (Phi) is 5.03. The molecule has 0 radical (unpaired) electrons. The second-order valence-electron chi connectivity index (χ2n) is 5.63. The van der Waals surface area contributed by atoms with Crippen LogP contribution in [0, 0.1) is 0 Å². The van der Waals surface area contributed by atoms with Gasteiger partial charge in [0.2, 0.25) is 0 Å². The fourth-order valence-corrected chi connectivity index (χ4v) is 3.35. The fraction of sp³-hybridized carbons (Fsp3) is 0.222. The minimum Gasteiger partial charge on any atom is -0.465 e. The van der Waals surface area contributed by atoms with Crippen molar-refractivity contribution in [1.82, 2.24) is 9.80 Å². The van der Waals surface area contributed by atoms with Crippen molar-refractivity contribution in [3.05, 3.63) is 46.4 Å². The number of hydrogen-bond acceptors (Lipinski definition) is 5. The molecular weight excluding hydrogens is 404 g/mol. The third-order valence-electron chi connectivity index (χ3n) is 4.00. The SMILES string of the molecule is CCOC(=O)CN1C(=O)C(=O)N(Cc2ccc3ccccc3c2Br)C1=O. The highest BCUT2D eigenvalue weighted by molar-refractivity contribution is 9.10. The molecule has 134 valence electrons. The van der Waals surface area contributed by atoms with Crippen LogP contribution in [0.15, 0.2) is 40.9 Å². The van der Waals surface area contributed by atoms with E-state index >= 15 is 0 Å². The number of esters is 1. The quantitative estimate of drug-likeness (QED) is 0.423. The number of hydrogen-bond donors (Lipinski definition) is 0. The lowest BCUT2D eigenvalue weighted by molar-refractivity contribution is -0.148. The van der Waals surface area contributed by atoms with Gasteiger partial charge in [0, 0.05) is 4.47 Å². The van der Waals surface area contributed by atoms with Gasteiger partial charge in [-0.15, -0.1) is 0 Å². The average Bonchev–Trinajstić information content (AvgIpc) is 2.82. The predicted octanol–water partition coefficient (Wildman–Crippen LogP) is 2.46. The van der Waals surface area contributed by atoms with E-state index in [4.69, 9.17) is 4.74 Å². The number of carbonyl (C=O) groups excluding carboxylic acids is 4. The van der Waals surface area contributed by atoms with Crippen molar-refractivity contribution in [1.29, 1.82) is 0 Å². The Bertz CT molecular complexity index is 927. The zero-order valence-electron chi connectivity index (χ0n) is 13.9. The largest absolute Gasteiger partial charge is 0.465 e. The summed E-state index contributed by atoms with van der Waals surface area (Å²) in [7, 11) is 0. The van der Waals surface area contributed by atoms with Crippen molar-refractivity contribution in [2.75, 3.05) is 13.2 Å². The molecule has 0 spiro atoms. The van der Waals surface area contributed by atoms with Crippen LogP contribution in [0.5, 0.6) is 0 Å². The van der Waals surface area contributed by atoms with Gasteiger partial charge in [0.25, 0.3) is 0 Å². The van der Waals surface area contributed by atoms with E-state index in [1.807, 2.05) is 30.3 Å². The number of imide groups is 2. The normalized spacial score (nSPS) is 14.5. The smallest absolute Gasteiger partial charge is 0.335 e. The maximum atomic E-state index is 12.4. The van der Waals surface area contributed by atoms with Crippen LogP contribution < -0.4 is 0 Å². The molecule has 0 aliphatic carbocycles. The van der Waals surface area contributed by atoms with E-state index in [2.05, 4.69) is 15.9 Å². The van der Waals surface area contributed by atoms with Gasteiger partial charge in [0.15, 0.2) is 0 Å². The number of halogens is 1. The number of nitrogens with zero attached hydrogens (tertiary/aromatic N) is 2. The second-order valence-corrected chi connectivity index (χ2v) is 6.42. The summed E-state index contributed by atoms with van der Waals surface area (Å²) in [6.07, 6.45) is 0. The maximum absolute atomic E-state index is 12.4. The van der Waals surface area contributed by atoms with E-state index in [0.717, 1.165) is 20.1 Å². The molecule has 3 rings (SSSR count). The van der Waals surface area contributed by atoms with Crippen LogP contribution in [0.1, 0.15) is 12.5 Å². The molecule has 2 aromatic rings. The first kappa shape index (κ1) is 18.1. The summed E-state index contributed by atoms with van der Waals surface area (Å²) >= 11 is 3.50. The molecule has 7 nitrogen and oxygen atoms in total. The van der Waals surface area contributed by atoms with Gasteiger partial charge in [-0.1, -0.05) is 36.4 Å². The molecule has 0 N–H and O–H groups in total. The van der Waals surface area contributed by atoms with E-state index in [9.17, 15) is 19.2 Å². The van der Waals surface area contributed by atoms with Gasteiger partial charge < -0.3 is 4.74 Å². The monoisotopic (exact) mass is 418 g/mol. The summed E-state index contributed by atoms with van der Waals surface area (Å²) in [5.41, 5.74) is 0.677. The molecule has 0 bridgehead atoms. The number of rotatable bonds is 5. The number of ether oxygens (including phenoxy) is 1. The summed E-state index contributed by atoms with van der Waals surface area (Å²) in [5, 5.41) is 1.93. The molecule has 2 aromatic carbocycles. The Balaban J connectivity index is 1.85. The summed E-state index contributed by atoms with van der Waals surface area (Å²) in [4.78, 5) is 49.7. The molecule has 1 saturated heterocycles. The summed E-state index contributed by atoms with van der Waals surface area (Å²) < 4.78 is 5.48. The lowest BCUT2D eigenvalue weighted by atomic mass is 10.1. The summed E-state index contributed by atoms with van der Waals surface area (Å²) in [5.74, 6) is -2.73. The molecule has 0 atom stereocenters. The van der Waals surface area contributed by atoms with E-state index in [1.165, 1.54) is 0 Å². The first-order chi connectivity index (χ1) is 12.4. The average molecular weight is 419 g/mol. The molecule has 1 aliphatic heterocycles. The van der Waals surface area contributed by atoms with Crippen molar-refractivity contribution in [2.24, 2.45) is 0 Å². The Morgan fingerprint density at radius 2 is 1.73 bits per heavy atom. The lowest BCUT2D eigenvalue weighted by Crippen LogP contribution is -2.37. The number of urea groups is 1. The van der Waals surface area contributed by atoms with Crippen molar-refractivity contribution < 1.29 is 23.9 Å². The molecule has 1 aliphatic rings. The minimum absolute atomic E-state index is 0.0752. The number of carbonyl (C=O) groups is 4. The molecule has 0 unspecified atom stereocenters. The van der Waals surface area contributed by atoms with Gasteiger partial charge in [-0.3, -0.25) is 19.3 Å². The highest BCUT2D eigenvalue weighted by atomic mass is 79.9. The van der Waals surface area contributed by atoms with Crippen molar-refractivity contribution in [3.63, 3.8) is 0 Å². The van der Waals surface area contributed by atoms with Crippen LogP contribution in [0.2, 0.25) is 0 Å². The van der Waals surface area contributed by atoms with Gasteiger partial charge in [0.1, 0.15) is 6.54 Å². The third-order valence-corrected chi connectivity index (χ3v) is 4.94. The molecule has 0 aromatic heterocycles. The van der Waals surface area contributed by atoms with Crippen LogP contribution in [-0.2, 0) is 25.7 Å². The van der Waals surface area contributed by atoms with Gasteiger partial charge >= 0.3 is 23.8 Å². The molecule has 0 saturated carbocycles. The summed E-state index contributed by atoms with van der Waals surface area (Å²) in [6.45, 7) is 1.08. The Morgan fingerprint density at radius 1 is 1.04 bits per heavy atom. The molecule has 4 amide bonds. The van der Waals surface area contributed by atoms with E-state index in [0.29, 0.717) is 10.5 Å². The molecule has 1 fully saturated rings. The number of fused-ring (bicyclic) bond motifs is 1. The maximum Gasteiger partial charge on any atom is 0.335 e. The van der Waals surface area contributed by atoms with Gasteiger partial charge in [-0.25, -0.2) is 9.69 Å². The fourth-order valence-electron chi connectivity index (χ4n) is 2.74.